The van der Waals surface area contributed by atoms with Crippen molar-refractivity contribution >= 4 is 5.91 Å². The molecule has 2 aliphatic heterocycles. The van der Waals surface area contributed by atoms with Gasteiger partial charge in [-0.25, -0.2) is 4.39 Å². The minimum Gasteiger partial charge on any atom is -0.376 e. The van der Waals surface area contributed by atoms with Crippen LogP contribution in [0, 0.1) is 5.82 Å². The van der Waals surface area contributed by atoms with Crippen molar-refractivity contribution in [3.05, 3.63) is 35.6 Å². The maximum atomic E-state index is 13.2. The topological polar surface area (TPSA) is 38.8 Å². The fourth-order valence-corrected chi connectivity index (χ4v) is 3.59. The number of hydrogen-bond acceptors (Lipinski definition) is 3. The summed E-state index contributed by atoms with van der Waals surface area (Å²) < 4.78 is 24.9. The molecular formula is C18H24FNO3. The second-order valence-electron chi connectivity index (χ2n) is 6.46. The molecule has 2 fully saturated rings. The summed E-state index contributed by atoms with van der Waals surface area (Å²) in [5, 5.41) is 0. The molecule has 1 spiro atoms. The monoisotopic (exact) mass is 321 g/mol. The van der Waals surface area contributed by atoms with E-state index in [0.29, 0.717) is 26.3 Å². The lowest BCUT2D eigenvalue weighted by Crippen LogP contribution is -2.47. The standard InChI is InChI=1S/C18H24FNO3/c1-2-22-16-12-18(23-13-16)6-8-20(9-7-18)17(21)11-14-4-3-5-15(19)10-14/h3-5,10,16H,2,6-9,11-13H2,1H3/t16-/m1/s1. The zero-order chi connectivity index (χ0) is 16.3. The van der Waals surface area contributed by atoms with Crippen LogP contribution in [0.5, 0.6) is 0 Å². The van der Waals surface area contributed by atoms with Crippen molar-refractivity contribution in [1.82, 2.24) is 4.90 Å². The minimum atomic E-state index is -0.297. The van der Waals surface area contributed by atoms with E-state index in [1.165, 1.54) is 12.1 Å². The van der Waals surface area contributed by atoms with E-state index in [0.717, 1.165) is 24.8 Å². The molecule has 1 amide bonds. The quantitative estimate of drug-likeness (QED) is 0.855. The molecule has 2 aliphatic rings. The molecule has 0 saturated carbocycles. The fourth-order valence-electron chi connectivity index (χ4n) is 3.59. The first-order chi connectivity index (χ1) is 11.1. The number of halogens is 1. The van der Waals surface area contributed by atoms with Gasteiger partial charge in [0.25, 0.3) is 0 Å². The molecule has 1 aromatic rings. The van der Waals surface area contributed by atoms with Crippen molar-refractivity contribution in [1.29, 1.82) is 0 Å². The first kappa shape index (κ1) is 16.4. The van der Waals surface area contributed by atoms with Crippen molar-refractivity contribution in [2.24, 2.45) is 0 Å². The third-order valence-electron chi connectivity index (χ3n) is 4.85. The van der Waals surface area contributed by atoms with Crippen molar-refractivity contribution < 1.29 is 18.7 Å². The van der Waals surface area contributed by atoms with Gasteiger partial charge < -0.3 is 14.4 Å². The Bertz CT molecular complexity index is 555. The molecule has 0 unspecified atom stereocenters. The molecule has 0 bridgehead atoms. The van der Waals surface area contributed by atoms with Crippen LogP contribution >= 0.6 is 0 Å². The Morgan fingerprint density at radius 3 is 2.91 bits per heavy atom. The number of carbonyl (C=O) groups excluding carboxylic acids is 1. The highest BCUT2D eigenvalue weighted by Crippen LogP contribution is 2.37. The Kier molecular flexibility index (Phi) is 4.97. The molecule has 0 aromatic heterocycles. The lowest BCUT2D eigenvalue weighted by atomic mass is 9.87. The van der Waals surface area contributed by atoms with Gasteiger partial charge in [-0.1, -0.05) is 12.1 Å². The molecule has 0 aliphatic carbocycles. The van der Waals surface area contributed by atoms with Crippen molar-refractivity contribution in [3.63, 3.8) is 0 Å². The van der Waals surface area contributed by atoms with Gasteiger partial charge in [0.15, 0.2) is 0 Å². The zero-order valence-corrected chi connectivity index (χ0v) is 13.6. The maximum absolute atomic E-state index is 13.2. The van der Waals surface area contributed by atoms with E-state index >= 15 is 0 Å². The number of rotatable bonds is 4. The summed E-state index contributed by atoms with van der Waals surface area (Å²) in [5.41, 5.74) is 0.610. The molecular weight excluding hydrogens is 297 g/mol. The molecule has 0 radical (unpaired) electrons. The number of ether oxygens (including phenoxy) is 2. The smallest absolute Gasteiger partial charge is 0.226 e. The molecule has 2 heterocycles. The summed E-state index contributed by atoms with van der Waals surface area (Å²) in [7, 11) is 0. The second kappa shape index (κ2) is 6.97. The summed E-state index contributed by atoms with van der Waals surface area (Å²) in [5.74, 6) is -0.237. The fraction of sp³-hybridized carbons (Fsp3) is 0.611. The Morgan fingerprint density at radius 2 is 2.22 bits per heavy atom. The molecule has 23 heavy (non-hydrogen) atoms. The SMILES string of the molecule is CCO[C@H]1COC2(CCN(C(=O)Cc3cccc(F)c3)CC2)C1. The van der Waals surface area contributed by atoms with E-state index in [1.54, 1.807) is 12.1 Å². The predicted molar refractivity (Wildman–Crippen MR) is 84.6 cm³/mol. The van der Waals surface area contributed by atoms with Gasteiger partial charge in [-0.05, 0) is 37.5 Å². The first-order valence-corrected chi connectivity index (χ1v) is 8.38. The summed E-state index contributed by atoms with van der Waals surface area (Å²) >= 11 is 0. The van der Waals surface area contributed by atoms with E-state index in [9.17, 15) is 9.18 Å². The Morgan fingerprint density at radius 1 is 1.43 bits per heavy atom. The van der Waals surface area contributed by atoms with Gasteiger partial charge in [-0.15, -0.1) is 0 Å². The molecule has 126 valence electrons. The average Bonchev–Trinajstić information content (AvgIpc) is 2.91. The Labute approximate surface area is 136 Å². The third-order valence-corrected chi connectivity index (χ3v) is 4.85. The summed E-state index contributed by atoms with van der Waals surface area (Å²) in [4.78, 5) is 14.3. The highest BCUT2D eigenvalue weighted by atomic mass is 19.1. The van der Waals surface area contributed by atoms with Gasteiger partial charge in [-0.2, -0.15) is 0 Å². The van der Waals surface area contributed by atoms with Gasteiger partial charge in [0.05, 0.1) is 24.7 Å². The summed E-state index contributed by atoms with van der Waals surface area (Å²) in [6, 6.07) is 6.25. The number of amides is 1. The van der Waals surface area contributed by atoms with Crippen LogP contribution in [0.4, 0.5) is 4.39 Å². The van der Waals surface area contributed by atoms with Gasteiger partial charge >= 0.3 is 0 Å². The number of hydrogen-bond donors (Lipinski definition) is 0. The summed E-state index contributed by atoms with van der Waals surface area (Å²) in [6.07, 6.45) is 3.08. The number of benzene rings is 1. The molecule has 5 heteroatoms. The van der Waals surface area contributed by atoms with E-state index < -0.39 is 0 Å². The van der Waals surface area contributed by atoms with E-state index in [-0.39, 0.29) is 29.9 Å². The van der Waals surface area contributed by atoms with Crippen LogP contribution in [0.3, 0.4) is 0 Å². The number of piperidine rings is 1. The predicted octanol–water partition coefficient (Wildman–Crippen LogP) is 2.55. The summed E-state index contributed by atoms with van der Waals surface area (Å²) in [6.45, 7) is 4.77. The lowest BCUT2D eigenvalue weighted by Gasteiger charge is -2.38. The highest BCUT2D eigenvalue weighted by molar-refractivity contribution is 5.78. The molecule has 4 nitrogen and oxygen atoms in total. The van der Waals surface area contributed by atoms with Crippen molar-refractivity contribution in [2.45, 2.75) is 44.3 Å². The van der Waals surface area contributed by atoms with Crippen LogP contribution in [0.2, 0.25) is 0 Å². The van der Waals surface area contributed by atoms with Crippen LogP contribution in [0.15, 0.2) is 24.3 Å². The first-order valence-electron chi connectivity index (χ1n) is 8.38. The van der Waals surface area contributed by atoms with Crippen molar-refractivity contribution in [3.8, 4) is 0 Å². The number of nitrogens with zero attached hydrogens (tertiary/aromatic N) is 1. The Hall–Kier alpha value is -1.46. The Balaban J connectivity index is 1.52. The normalized spacial score (nSPS) is 23.4. The van der Waals surface area contributed by atoms with E-state index in [2.05, 4.69) is 0 Å². The average molecular weight is 321 g/mol. The largest absolute Gasteiger partial charge is 0.376 e. The molecule has 0 N–H and O–H groups in total. The zero-order valence-electron chi connectivity index (χ0n) is 13.6. The third kappa shape index (κ3) is 3.90. The van der Waals surface area contributed by atoms with Crippen LogP contribution in [0.25, 0.3) is 0 Å². The number of likely N-dealkylation sites (tertiary alicyclic amines) is 1. The van der Waals surface area contributed by atoms with Crippen molar-refractivity contribution in [2.75, 3.05) is 26.3 Å². The van der Waals surface area contributed by atoms with Gasteiger partial charge in [0.1, 0.15) is 5.82 Å². The lowest BCUT2D eigenvalue weighted by molar-refractivity contribution is -0.135. The van der Waals surface area contributed by atoms with Gasteiger partial charge in [0.2, 0.25) is 5.91 Å². The number of carbonyl (C=O) groups is 1. The van der Waals surface area contributed by atoms with Crippen LogP contribution in [-0.4, -0.2) is 48.8 Å². The molecule has 3 rings (SSSR count). The van der Waals surface area contributed by atoms with Gasteiger partial charge in [-0.3, -0.25) is 4.79 Å². The van der Waals surface area contributed by atoms with Crippen LogP contribution < -0.4 is 0 Å². The molecule has 2 saturated heterocycles. The highest BCUT2D eigenvalue weighted by Gasteiger charge is 2.43. The van der Waals surface area contributed by atoms with Crippen LogP contribution in [-0.2, 0) is 20.7 Å². The van der Waals surface area contributed by atoms with E-state index in [4.69, 9.17) is 9.47 Å². The maximum Gasteiger partial charge on any atom is 0.226 e. The van der Waals surface area contributed by atoms with E-state index in [1.807, 2.05) is 11.8 Å². The van der Waals surface area contributed by atoms with Crippen LogP contribution in [0.1, 0.15) is 31.7 Å². The minimum absolute atomic E-state index is 0.0600. The van der Waals surface area contributed by atoms with Gasteiger partial charge in [0, 0.05) is 26.1 Å². The second-order valence-corrected chi connectivity index (χ2v) is 6.46. The molecule has 1 aromatic carbocycles. The molecule has 1 atom stereocenters.